The molecule has 0 spiro atoms. The molecular weight excluding hydrogens is 295 g/mol. The Morgan fingerprint density at radius 2 is 1.68 bits per heavy atom. The quantitative estimate of drug-likeness (QED) is 0.679. The highest BCUT2D eigenvalue weighted by Crippen LogP contribution is 2.33. The van der Waals surface area contributed by atoms with Gasteiger partial charge in [0.05, 0.1) is 5.56 Å². The third kappa shape index (κ3) is 5.52. The molecular formula is C16H20F3NO2. The molecule has 0 atom stereocenters. The summed E-state index contributed by atoms with van der Waals surface area (Å²) in [5.74, 6) is 0. The normalized spacial score (nSPS) is 11.1. The van der Waals surface area contributed by atoms with E-state index in [2.05, 4.69) is 23.6 Å². The molecule has 0 saturated carbocycles. The molecule has 0 unspecified atom stereocenters. The van der Waals surface area contributed by atoms with Crippen molar-refractivity contribution in [2.45, 2.75) is 32.9 Å². The van der Waals surface area contributed by atoms with Gasteiger partial charge in [0.1, 0.15) is 5.58 Å². The smallest absolute Gasteiger partial charge is 0.417 e. The molecule has 2 aromatic rings. The van der Waals surface area contributed by atoms with Gasteiger partial charge in [-0.1, -0.05) is 32.0 Å². The SMILES string of the molecule is CCCNCCC.O=c1cc(C(F)(F)F)c2ccccc2o1. The van der Waals surface area contributed by atoms with Crippen LogP contribution in [-0.4, -0.2) is 13.1 Å². The minimum absolute atomic E-state index is 0.0580. The summed E-state index contributed by atoms with van der Waals surface area (Å²) < 4.78 is 42.2. The van der Waals surface area contributed by atoms with E-state index in [1.807, 2.05) is 0 Å². The van der Waals surface area contributed by atoms with Crippen LogP contribution in [0.15, 0.2) is 39.5 Å². The zero-order valence-corrected chi connectivity index (χ0v) is 12.7. The fraction of sp³-hybridized carbons (Fsp3) is 0.438. The number of alkyl halides is 3. The topological polar surface area (TPSA) is 42.2 Å². The lowest BCUT2D eigenvalue weighted by Gasteiger charge is -2.08. The molecule has 0 saturated heterocycles. The molecule has 0 radical (unpaired) electrons. The lowest BCUT2D eigenvalue weighted by molar-refractivity contribution is -0.136. The van der Waals surface area contributed by atoms with Crippen molar-refractivity contribution < 1.29 is 17.6 Å². The molecule has 0 amide bonds. The first kappa shape index (κ1) is 18.2. The van der Waals surface area contributed by atoms with Gasteiger partial charge in [-0.3, -0.25) is 0 Å². The summed E-state index contributed by atoms with van der Waals surface area (Å²) in [5.41, 5.74) is -2.02. The lowest BCUT2D eigenvalue weighted by Crippen LogP contribution is -2.14. The van der Waals surface area contributed by atoms with Crippen molar-refractivity contribution in [3.05, 3.63) is 46.3 Å². The Labute approximate surface area is 127 Å². The van der Waals surface area contributed by atoms with E-state index >= 15 is 0 Å². The maximum Gasteiger partial charge on any atom is 0.417 e. The van der Waals surface area contributed by atoms with E-state index in [9.17, 15) is 18.0 Å². The van der Waals surface area contributed by atoms with Crippen LogP contribution in [-0.2, 0) is 6.18 Å². The van der Waals surface area contributed by atoms with Gasteiger partial charge in [0.2, 0.25) is 0 Å². The van der Waals surface area contributed by atoms with Gasteiger partial charge in [0.25, 0.3) is 0 Å². The second-order valence-corrected chi connectivity index (χ2v) is 4.72. The van der Waals surface area contributed by atoms with E-state index in [-0.39, 0.29) is 11.0 Å². The largest absolute Gasteiger partial charge is 0.423 e. The van der Waals surface area contributed by atoms with Crippen molar-refractivity contribution in [1.82, 2.24) is 5.32 Å². The number of hydrogen-bond acceptors (Lipinski definition) is 3. The third-order valence-corrected chi connectivity index (χ3v) is 2.81. The van der Waals surface area contributed by atoms with Gasteiger partial charge in [-0.15, -0.1) is 0 Å². The van der Waals surface area contributed by atoms with Crippen molar-refractivity contribution in [1.29, 1.82) is 0 Å². The highest BCUT2D eigenvalue weighted by atomic mass is 19.4. The van der Waals surface area contributed by atoms with Crippen molar-refractivity contribution in [3.63, 3.8) is 0 Å². The predicted molar refractivity (Wildman–Crippen MR) is 80.9 cm³/mol. The minimum atomic E-state index is -4.55. The molecule has 0 aliphatic heterocycles. The van der Waals surface area contributed by atoms with Gasteiger partial charge in [-0.2, -0.15) is 13.2 Å². The average molecular weight is 315 g/mol. The Bertz CT molecular complexity index is 631. The number of benzene rings is 1. The molecule has 22 heavy (non-hydrogen) atoms. The van der Waals surface area contributed by atoms with Gasteiger partial charge in [-0.25, -0.2) is 4.79 Å². The molecule has 1 aromatic carbocycles. The van der Waals surface area contributed by atoms with Crippen LogP contribution in [0.5, 0.6) is 0 Å². The number of para-hydroxylation sites is 1. The summed E-state index contributed by atoms with van der Waals surface area (Å²) in [6.07, 6.45) is -2.05. The summed E-state index contributed by atoms with van der Waals surface area (Å²) in [5, 5.41) is 3.18. The molecule has 0 fully saturated rings. The van der Waals surface area contributed by atoms with E-state index in [4.69, 9.17) is 0 Å². The molecule has 6 heteroatoms. The number of hydrogen-bond donors (Lipinski definition) is 1. The van der Waals surface area contributed by atoms with Crippen molar-refractivity contribution in [3.8, 4) is 0 Å². The second kappa shape index (κ2) is 8.58. The zero-order valence-electron chi connectivity index (χ0n) is 12.7. The minimum Gasteiger partial charge on any atom is -0.423 e. The van der Waals surface area contributed by atoms with E-state index in [1.165, 1.54) is 50.2 Å². The van der Waals surface area contributed by atoms with Crippen LogP contribution in [0.2, 0.25) is 0 Å². The van der Waals surface area contributed by atoms with Crippen LogP contribution in [0.1, 0.15) is 32.3 Å². The molecule has 0 aliphatic carbocycles. The molecule has 0 bridgehead atoms. The molecule has 2 rings (SSSR count). The average Bonchev–Trinajstić information content (AvgIpc) is 2.46. The lowest BCUT2D eigenvalue weighted by atomic mass is 10.1. The molecule has 1 aromatic heterocycles. The van der Waals surface area contributed by atoms with Crippen molar-refractivity contribution >= 4 is 11.0 Å². The Hall–Kier alpha value is -1.82. The van der Waals surface area contributed by atoms with Crippen LogP contribution >= 0.6 is 0 Å². The molecule has 1 N–H and O–H groups in total. The summed E-state index contributed by atoms with van der Waals surface area (Å²) >= 11 is 0. The summed E-state index contributed by atoms with van der Waals surface area (Å²) in [6, 6.07) is 6.01. The van der Waals surface area contributed by atoms with Crippen molar-refractivity contribution in [2.24, 2.45) is 0 Å². The maximum absolute atomic E-state index is 12.5. The molecule has 3 nitrogen and oxygen atoms in total. The highest BCUT2D eigenvalue weighted by molar-refractivity contribution is 5.80. The highest BCUT2D eigenvalue weighted by Gasteiger charge is 2.33. The monoisotopic (exact) mass is 315 g/mol. The van der Waals surface area contributed by atoms with Crippen molar-refractivity contribution in [2.75, 3.05) is 13.1 Å². The van der Waals surface area contributed by atoms with Crippen LogP contribution in [0.4, 0.5) is 13.2 Å². The fourth-order valence-electron chi connectivity index (χ4n) is 1.82. The van der Waals surface area contributed by atoms with Gasteiger partial charge in [-0.05, 0) is 32.0 Å². The van der Waals surface area contributed by atoms with Gasteiger partial charge in [0, 0.05) is 11.5 Å². The molecule has 122 valence electrons. The summed E-state index contributed by atoms with van der Waals surface area (Å²) in [7, 11) is 0. The van der Waals surface area contributed by atoms with E-state index in [0.717, 1.165) is 0 Å². The molecule has 1 heterocycles. The zero-order chi connectivity index (χ0) is 16.6. The first-order valence-electron chi connectivity index (χ1n) is 7.21. The Kier molecular flexibility index (Phi) is 7.11. The fourth-order valence-corrected chi connectivity index (χ4v) is 1.82. The maximum atomic E-state index is 12.5. The van der Waals surface area contributed by atoms with Gasteiger partial charge < -0.3 is 9.73 Å². The Morgan fingerprint density at radius 3 is 2.23 bits per heavy atom. The van der Waals surface area contributed by atoms with E-state index < -0.39 is 17.4 Å². The summed E-state index contributed by atoms with van der Waals surface area (Å²) in [4.78, 5) is 10.9. The van der Waals surface area contributed by atoms with Crippen LogP contribution in [0.25, 0.3) is 11.0 Å². The standard InChI is InChI=1S/C10H5F3O2.C6H15N/c11-10(12,13)7-5-9(14)15-8-4-2-1-3-6(7)8;1-3-5-7-6-4-2/h1-5H;7H,3-6H2,1-2H3. The van der Waals surface area contributed by atoms with Gasteiger partial charge >= 0.3 is 11.8 Å². The predicted octanol–water partition coefficient (Wildman–Crippen LogP) is 4.21. The number of nitrogens with one attached hydrogen (secondary N) is 1. The third-order valence-electron chi connectivity index (χ3n) is 2.81. The van der Waals surface area contributed by atoms with Gasteiger partial charge in [0.15, 0.2) is 0 Å². The second-order valence-electron chi connectivity index (χ2n) is 4.72. The van der Waals surface area contributed by atoms with Crippen LogP contribution in [0, 0.1) is 0 Å². The first-order valence-corrected chi connectivity index (χ1v) is 7.21. The van der Waals surface area contributed by atoms with Crippen LogP contribution < -0.4 is 10.9 Å². The molecule has 0 aliphatic rings. The number of rotatable bonds is 4. The first-order chi connectivity index (χ1) is 10.4. The Balaban J connectivity index is 0.000000295. The Morgan fingerprint density at radius 1 is 1.09 bits per heavy atom. The van der Waals surface area contributed by atoms with E-state index in [1.54, 1.807) is 0 Å². The number of fused-ring (bicyclic) bond motifs is 1. The van der Waals surface area contributed by atoms with Crippen LogP contribution in [0.3, 0.4) is 0 Å². The van der Waals surface area contributed by atoms with E-state index in [0.29, 0.717) is 6.07 Å². The summed E-state index contributed by atoms with van der Waals surface area (Å²) in [6.45, 7) is 6.72. The number of halogens is 3.